The third-order valence-corrected chi connectivity index (χ3v) is 6.26. The van der Waals surface area contributed by atoms with Crippen LogP contribution >= 0.6 is 11.8 Å². The van der Waals surface area contributed by atoms with Crippen LogP contribution in [0.3, 0.4) is 0 Å². The molecule has 0 atom stereocenters. The molecule has 2 aromatic carbocycles. The summed E-state index contributed by atoms with van der Waals surface area (Å²) >= 11 is 1.06. The van der Waals surface area contributed by atoms with Gasteiger partial charge in [-0.1, -0.05) is 42.1 Å². The Bertz CT molecular complexity index is 1400. The maximum atomic E-state index is 13.9. The van der Waals surface area contributed by atoms with Crippen LogP contribution in [0, 0.1) is 18.6 Å². The van der Waals surface area contributed by atoms with Crippen LogP contribution in [-0.4, -0.2) is 31.0 Å². The van der Waals surface area contributed by atoms with Gasteiger partial charge in [-0.25, -0.2) is 13.8 Å². The Labute approximate surface area is 198 Å². The smallest absolute Gasteiger partial charge is 0.280 e. The van der Waals surface area contributed by atoms with E-state index in [0.29, 0.717) is 41.4 Å². The van der Waals surface area contributed by atoms with E-state index in [4.69, 9.17) is 0 Å². The number of carbonyl (C=O) groups excluding carboxylic acids is 1. The lowest BCUT2D eigenvalue weighted by Crippen LogP contribution is -2.26. The Kier molecular flexibility index (Phi) is 7.06. The number of aryl methyl sites for hydroxylation is 3. The SMILES string of the molecule is CCn1nc(C)c2nc(SCC(=O)Nc3cc(F)ccc3F)n(CCc3ccccc3)c(=O)c21. The highest BCUT2D eigenvalue weighted by Crippen LogP contribution is 2.22. The van der Waals surface area contributed by atoms with Crippen LogP contribution in [0.15, 0.2) is 58.5 Å². The minimum absolute atomic E-state index is 0.139. The molecule has 0 unspecified atom stereocenters. The van der Waals surface area contributed by atoms with E-state index < -0.39 is 17.5 Å². The summed E-state index contributed by atoms with van der Waals surface area (Å²) in [5.41, 5.74) is 2.12. The summed E-state index contributed by atoms with van der Waals surface area (Å²) in [5, 5.41) is 7.15. The van der Waals surface area contributed by atoms with Crippen LogP contribution in [0.25, 0.3) is 11.0 Å². The third-order valence-electron chi connectivity index (χ3n) is 5.28. The zero-order valence-corrected chi connectivity index (χ0v) is 19.5. The summed E-state index contributed by atoms with van der Waals surface area (Å²) in [5.74, 6) is -2.07. The summed E-state index contributed by atoms with van der Waals surface area (Å²) in [6, 6.07) is 12.6. The Morgan fingerprint density at radius 1 is 1.15 bits per heavy atom. The monoisotopic (exact) mass is 483 g/mol. The van der Waals surface area contributed by atoms with Crippen molar-refractivity contribution < 1.29 is 13.6 Å². The summed E-state index contributed by atoms with van der Waals surface area (Å²) in [4.78, 5) is 30.5. The van der Waals surface area contributed by atoms with Crippen molar-refractivity contribution in [1.29, 1.82) is 0 Å². The molecular weight excluding hydrogens is 460 g/mol. The van der Waals surface area contributed by atoms with E-state index >= 15 is 0 Å². The van der Waals surface area contributed by atoms with Crippen molar-refractivity contribution in [3.63, 3.8) is 0 Å². The van der Waals surface area contributed by atoms with Gasteiger partial charge in [-0.15, -0.1) is 0 Å². The molecule has 0 saturated carbocycles. The Hall–Kier alpha value is -3.53. The van der Waals surface area contributed by atoms with Gasteiger partial charge in [0.2, 0.25) is 5.91 Å². The topological polar surface area (TPSA) is 81.8 Å². The number of thioether (sulfide) groups is 1. The zero-order chi connectivity index (χ0) is 24.2. The number of halogens is 2. The number of benzene rings is 2. The predicted molar refractivity (Wildman–Crippen MR) is 128 cm³/mol. The third kappa shape index (κ3) is 5.01. The summed E-state index contributed by atoms with van der Waals surface area (Å²) < 4.78 is 30.5. The molecule has 176 valence electrons. The standard InChI is InChI=1S/C24H23F2N5O2S/c1-3-31-22-21(15(2)29-31)28-24(30(23(22)33)12-11-16-7-5-4-6-8-16)34-14-20(32)27-19-13-17(25)9-10-18(19)26/h4-10,13H,3,11-12,14H2,1-2H3,(H,27,32). The first-order chi connectivity index (χ1) is 16.4. The van der Waals surface area contributed by atoms with Crippen molar-refractivity contribution in [1.82, 2.24) is 19.3 Å². The lowest BCUT2D eigenvalue weighted by molar-refractivity contribution is -0.113. The zero-order valence-electron chi connectivity index (χ0n) is 18.7. The van der Waals surface area contributed by atoms with Crippen LogP contribution in [0.5, 0.6) is 0 Å². The molecule has 0 fully saturated rings. The molecule has 1 amide bonds. The molecule has 10 heteroatoms. The minimum atomic E-state index is -0.735. The maximum Gasteiger partial charge on any atom is 0.280 e. The number of amides is 1. The van der Waals surface area contributed by atoms with Crippen molar-refractivity contribution >= 4 is 34.4 Å². The second kappa shape index (κ2) is 10.2. The van der Waals surface area contributed by atoms with Gasteiger partial charge in [-0.3, -0.25) is 18.8 Å². The van der Waals surface area contributed by atoms with Crippen LogP contribution < -0.4 is 10.9 Å². The second-order valence-corrected chi connectivity index (χ2v) is 8.59. The number of fused-ring (bicyclic) bond motifs is 1. The molecule has 0 aliphatic rings. The normalized spacial score (nSPS) is 11.2. The van der Waals surface area contributed by atoms with Gasteiger partial charge in [0.25, 0.3) is 5.56 Å². The highest BCUT2D eigenvalue weighted by molar-refractivity contribution is 7.99. The average molecular weight is 484 g/mol. The number of hydrogen-bond donors (Lipinski definition) is 1. The molecule has 0 spiro atoms. The van der Waals surface area contributed by atoms with Crippen LogP contribution in [0.4, 0.5) is 14.5 Å². The molecule has 4 aromatic rings. The van der Waals surface area contributed by atoms with Gasteiger partial charge in [0, 0.05) is 19.2 Å². The number of aromatic nitrogens is 4. The summed E-state index contributed by atoms with van der Waals surface area (Å²) in [7, 11) is 0. The van der Waals surface area contributed by atoms with Crippen molar-refractivity contribution in [2.75, 3.05) is 11.1 Å². The van der Waals surface area contributed by atoms with E-state index in [9.17, 15) is 18.4 Å². The van der Waals surface area contributed by atoms with E-state index in [0.717, 1.165) is 35.5 Å². The fourth-order valence-corrected chi connectivity index (χ4v) is 4.44. The van der Waals surface area contributed by atoms with Gasteiger partial charge >= 0.3 is 0 Å². The number of carbonyl (C=O) groups is 1. The molecule has 7 nitrogen and oxygen atoms in total. The van der Waals surface area contributed by atoms with Gasteiger partial charge in [0.05, 0.1) is 17.1 Å². The first kappa shape index (κ1) is 23.6. The van der Waals surface area contributed by atoms with Gasteiger partial charge in [0.15, 0.2) is 10.7 Å². The van der Waals surface area contributed by atoms with Crippen LogP contribution in [0.2, 0.25) is 0 Å². The molecule has 0 aliphatic carbocycles. The van der Waals surface area contributed by atoms with E-state index in [1.807, 2.05) is 37.3 Å². The van der Waals surface area contributed by atoms with Crippen molar-refractivity contribution in [2.24, 2.45) is 0 Å². The largest absolute Gasteiger partial charge is 0.323 e. The quantitative estimate of drug-likeness (QED) is 0.301. The lowest BCUT2D eigenvalue weighted by atomic mass is 10.1. The summed E-state index contributed by atoms with van der Waals surface area (Å²) in [6.07, 6.45) is 0.599. The molecule has 0 saturated heterocycles. The predicted octanol–water partition coefficient (Wildman–Crippen LogP) is 4.17. The van der Waals surface area contributed by atoms with Crippen molar-refractivity contribution in [3.05, 3.63) is 81.8 Å². The molecule has 34 heavy (non-hydrogen) atoms. The Morgan fingerprint density at radius 3 is 2.65 bits per heavy atom. The van der Waals surface area contributed by atoms with Gasteiger partial charge in [-0.05, 0) is 38.0 Å². The maximum absolute atomic E-state index is 13.9. The van der Waals surface area contributed by atoms with Crippen molar-refractivity contribution in [2.45, 2.75) is 38.5 Å². The average Bonchev–Trinajstić information content (AvgIpc) is 3.16. The van der Waals surface area contributed by atoms with Crippen molar-refractivity contribution in [3.8, 4) is 0 Å². The molecule has 2 heterocycles. The van der Waals surface area contributed by atoms with Crippen LogP contribution in [0.1, 0.15) is 18.2 Å². The number of rotatable bonds is 8. The lowest BCUT2D eigenvalue weighted by Gasteiger charge is -2.13. The van der Waals surface area contributed by atoms with E-state index in [2.05, 4.69) is 15.4 Å². The Morgan fingerprint density at radius 2 is 1.91 bits per heavy atom. The minimum Gasteiger partial charge on any atom is -0.323 e. The molecule has 0 radical (unpaired) electrons. The molecular formula is C24H23F2N5O2S. The number of hydrogen-bond acceptors (Lipinski definition) is 5. The second-order valence-electron chi connectivity index (χ2n) is 7.65. The molecule has 4 rings (SSSR count). The first-order valence-electron chi connectivity index (χ1n) is 10.8. The fraction of sp³-hybridized carbons (Fsp3) is 0.250. The van der Waals surface area contributed by atoms with Gasteiger partial charge in [-0.2, -0.15) is 5.10 Å². The first-order valence-corrected chi connectivity index (χ1v) is 11.8. The molecule has 0 aliphatic heterocycles. The van der Waals surface area contributed by atoms with E-state index in [1.165, 1.54) is 0 Å². The van der Waals surface area contributed by atoms with E-state index in [1.54, 1.807) is 16.2 Å². The Balaban J connectivity index is 1.63. The summed E-state index contributed by atoms with van der Waals surface area (Å²) in [6.45, 7) is 4.57. The molecule has 2 aromatic heterocycles. The van der Waals surface area contributed by atoms with E-state index in [-0.39, 0.29) is 17.0 Å². The fourth-order valence-electron chi connectivity index (χ4n) is 3.62. The van der Waals surface area contributed by atoms with Gasteiger partial charge < -0.3 is 5.32 Å². The molecule has 0 bridgehead atoms. The number of nitrogens with zero attached hydrogens (tertiary/aromatic N) is 4. The number of anilines is 1. The van der Waals surface area contributed by atoms with Gasteiger partial charge in [0.1, 0.15) is 17.2 Å². The highest BCUT2D eigenvalue weighted by Gasteiger charge is 2.19. The van der Waals surface area contributed by atoms with Crippen LogP contribution in [-0.2, 0) is 24.3 Å². The highest BCUT2D eigenvalue weighted by atomic mass is 32.2. The number of nitrogens with one attached hydrogen (secondary N) is 1. The molecule has 1 N–H and O–H groups in total.